The van der Waals surface area contributed by atoms with E-state index in [1.165, 1.54) is 193 Å². The molecule has 0 spiro atoms. The van der Waals surface area contributed by atoms with E-state index in [2.05, 4.69) is 93.7 Å². The van der Waals surface area contributed by atoms with E-state index in [1.54, 1.807) is 0 Å². The molecule has 6 heteroatoms. The number of hydrogen-bond acceptors (Lipinski definition) is 6. The number of carbonyl (C=O) groups is 3. The fraction of sp³-hybridized carbons (Fsp3) is 0.779. The van der Waals surface area contributed by atoms with Crippen LogP contribution in [-0.4, -0.2) is 37.2 Å². The van der Waals surface area contributed by atoms with Crippen LogP contribution in [0, 0.1) is 0 Å². The van der Waals surface area contributed by atoms with Crippen molar-refractivity contribution in [1.29, 1.82) is 0 Å². The molecule has 0 aliphatic heterocycles. The molecule has 0 aliphatic carbocycles. The van der Waals surface area contributed by atoms with Gasteiger partial charge in [-0.2, -0.15) is 0 Å². The van der Waals surface area contributed by atoms with Crippen LogP contribution < -0.4 is 0 Å². The van der Waals surface area contributed by atoms with Crippen molar-refractivity contribution in [2.45, 2.75) is 329 Å². The molecule has 1 atom stereocenters. The third-order valence-corrected chi connectivity index (χ3v) is 13.9. The van der Waals surface area contributed by atoms with E-state index in [-0.39, 0.29) is 37.5 Å². The molecule has 0 N–H and O–H groups in total. The van der Waals surface area contributed by atoms with Crippen LogP contribution in [0.5, 0.6) is 0 Å². The summed E-state index contributed by atoms with van der Waals surface area (Å²) in [6.07, 6.45) is 80.8. The van der Waals surface area contributed by atoms with Crippen molar-refractivity contribution in [3.8, 4) is 0 Å². The smallest absolute Gasteiger partial charge is 0.306 e. The molecular formula is C68H120O6. The quantitative estimate of drug-likeness (QED) is 0.0261. The molecule has 0 saturated carbocycles. The van der Waals surface area contributed by atoms with E-state index in [0.29, 0.717) is 19.3 Å². The number of ether oxygens (including phenoxy) is 3. The number of allylic oxidation sites excluding steroid dienone is 12. The second kappa shape index (κ2) is 62.4. The highest BCUT2D eigenvalue weighted by Gasteiger charge is 2.19. The van der Waals surface area contributed by atoms with Crippen LogP contribution in [0.4, 0.5) is 0 Å². The lowest BCUT2D eigenvalue weighted by Gasteiger charge is -2.18. The fourth-order valence-corrected chi connectivity index (χ4v) is 9.18. The monoisotopic (exact) mass is 1030 g/mol. The standard InChI is InChI=1S/C68H120O6/c1-4-7-10-13-16-19-22-25-27-29-30-31-32-33-34-35-36-37-38-40-41-43-46-49-52-55-58-61-67(70)73-64-65(63-72-66(69)60-57-54-51-48-45-24-21-18-15-12-9-6-3)74-68(71)62-59-56-53-50-47-44-42-39-28-26-23-20-17-14-11-8-5-2/h8,11,17-18,20-21,26,28,42,44,50,53,65H,4-7,9-10,12-16,19,22-25,27,29-41,43,45-49,51-52,54-64H2,1-3H3/b11-8-,20-17-,21-18-,28-26-,44-42-,53-50-. The fourth-order valence-electron chi connectivity index (χ4n) is 9.18. The summed E-state index contributed by atoms with van der Waals surface area (Å²) in [5.74, 6) is -0.954. The van der Waals surface area contributed by atoms with Crippen LogP contribution in [0.2, 0.25) is 0 Å². The molecule has 6 nitrogen and oxygen atoms in total. The summed E-state index contributed by atoms with van der Waals surface area (Å²) in [6, 6.07) is 0. The minimum Gasteiger partial charge on any atom is -0.462 e. The van der Waals surface area contributed by atoms with E-state index >= 15 is 0 Å². The van der Waals surface area contributed by atoms with Crippen LogP contribution >= 0.6 is 0 Å². The van der Waals surface area contributed by atoms with Crippen LogP contribution in [-0.2, 0) is 28.6 Å². The molecule has 0 heterocycles. The van der Waals surface area contributed by atoms with Gasteiger partial charge in [-0.3, -0.25) is 14.4 Å². The maximum Gasteiger partial charge on any atom is 0.306 e. The first kappa shape index (κ1) is 70.8. The van der Waals surface area contributed by atoms with Gasteiger partial charge in [0.2, 0.25) is 0 Å². The van der Waals surface area contributed by atoms with Crippen LogP contribution in [0.25, 0.3) is 0 Å². The summed E-state index contributed by atoms with van der Waals surface area (Å²) in [6.45, 7) is 6.48. The predicted octanol–water partition coefficient (Wildman–Crippen LogP) is 21.7. The SMILES string of the molecule is CC/C=C\C/C=C\C/C=C\C/C=C\C/C=C\CCCC(=O)OC(COC(=O)CCCCCCC/C=C\CCCCC)COC(=O)CCCCCCCCCCCCCCCCCCCCCCCCCCCCC. The Kier molecular flexibility index (Phi) is 59.7. The predicted molar refractivity (Wildman–Crippen MR) is 321 cm³/mol. The van der Waals surface area contributed by atoms with Gasteiger partial charge in [-0.25, -0.2) is 0 Å². The Morgan fingerprint density at radius 1 is 0.284 bits per heavy atom. The first-order valence-electron chi connectivity index (χ1n) is 31.9. The van der Waals surface area contributed by atoms with Gasteiger partial charge in [0.05, 0.1) is 0 Å². The van der Waals surface area contributed by atoms with Gasteiger partial charge < -0.3 is 14.2 Å². The zero-order valence-electron chi connectivity index (χ0n) is 49.1. The summed E-state index contributed by atoms with van der Waals surface area (Å²) >= 11 is 0. The van der Waals surface area contributed by atoms with Crippen molar-refractivity contribution < 1.29 is 28.6 Å². The minimum absolute atomic E-state index is 0.0980. The Morgan fingerprint density at radius 3 is 0.905 bits per heavy atom. The van der Waals surface area contributed by atoms with Crippen LogP contribution in [0.15, 0.2) is 72.9 Å². The largest absolute Gasteiger partial charge is 0.462 e. The van der Waals surface area contributed by atoms with E-state index in [1.807, 2.05) is 0 Å². The van der Waals surface area contributed by atoms with Gasteiger partial charge in [-0.05, 0) is 83.5 Å². The third-order valence-electron chi connectivity index (χ3n) is 13.9. The highest BCUT2D eigenvalue weighted by atomic mass is 16.6. The molecule has 0 aromatic rings. The summed E-state index contributed by atoms with van der Waals surface area (Å²) in [5.41, 5.74) is 0. The maximum absolute atomic E-state index is 12.8. The third kappa shape index (κ3) is 59.7. The van der Waals surface area contributed by atoms with Crippen molar-refractivity contribution in [2.75, 3.05) is 13.2 Å². The molecular weight excluding hydrogens is 913 g/mol. The van der Waals surface area contributed by atoms with Gasteiger partial charge in [0.1, 0.15) is 13.2 Å². The lowest BCUT2D eigenvalue weighted by molar-refractivity contribution is -0.167. The average molecular weight is 1030 g/mol. The van der Waals surface area contributed by atoms with E-state index in [4.69, 9.17) is 14.2 Å². The van der Waals surface area contributed by atoms with Crippen LogP contribution in [0.3, 0.4) is 0 Å². The molecule has 0 fully saturated rings. The van der Waals surface area contributed by atoms with Gasteiger partial charge in [0, 0.05) is 19.3 Å². The van der Waals surface area contributed by atoms with Gasteiger partial charge in [0.15, 0.2) is 6.10 Å². The normalized spacial score (nSPS) is 12.5. The summed E-state index contributed by atoms with van der Waals surface area (Å²) in [4.78, 5) is 38.2. The Bertz CT molecular complexity index is 1370. The topological polar surface area (TPSA) is 78.9 Å². The van der Waals surface area contributed by atoms with Crippen molar-refractivity contribution in [3.05, 3.63) is 72.9 Å². The number of rotatable bonds is 58. The first-order valence-corrected chi connectivity index (χ1v) is 31.9. The Balaban J connectivity index is 4.26. The first-order chi connectivity index (χ1) is 36.5. The maximum atomic E-state index is 12.8. The van der Waals surface area contributed by atoms with E-state index in [0.717, 1.165) is 83.5 Å². The van der Waals surface area contributed by atoms with E-state index in [9.17, 15) is 14.4 Å². The highest BCUT2D eigenvalue weighted by molar-refractivity contribution is 5.71. The van der Waals surface area contributed by atoms with Crippen molar-refractivity contribution in [3.63, 3.8) is 0 Å². The van der Waals surface area contributed by atoms with E-state index < -0.39 is 6.10 Å². The zero-order valence-corrected chi connectivity index (χ0v) is 49.1. The number of carbonyl (C=O) groups excluding carboxylic acids is 3. The number of esters is 3. The summed E-state index contributed by atoms with van der Waals surface area (Å²) in [7, 11) is 0. The van der Waals surface area contributed by atoms with Crippen molar-refractivity contribution >= 4 is 17.9 Å². The van der Waals surface area contributed by atoms with Crippen LogP contribution in [0.1, 0.15) is 323 Å². The molecule has 0 aromatic heterocycles. The lowest BCUT2D eigenvalue weighted by atomic mass is 10.0. The van der Waals surface area contributed by atoms with Crippen molar-refractivity contribution in [1.82, 2.24) is 0 Å². The Hall–Kier alpha value is -3.15. The second-order valence-electron chi connectivity index (χ2n) is 21.3. The van der Waals surface area contributed by atoms with Gasteiger partial charge in [-0.15, -0.1) is 0 Å². The minimum atomic E-state index is -0.807. The molecule has 1 unspecified atom stereocenters. The number of hydrogen-bond donors (Lipinski definition) is 0. The lowest BCUT2D eigenvalue weighted by Crippen LogP contribution is -2.30. The molecule has 0 radical (unpaired) electrons. The molecule has 0 aliphatic rings. The molecule has 0 bridgehead atoms. The molecule has 74 heavy (non-hydrogen) atoms. The molecule has 0 saturated heterocycles. The molecule has 0 rings (SSSR count). The summed E-state index contributed by atoms with van der Waals surface area (Å²) < 4.78 is 16.8. The molecule has 428 valence electrons. The van der Waals surface area contributed by atoms with Gasteiger partial charge in [-0.1, -0.05) is 293 Å². The second-order valence-corrected chi connectivity index (χ2v) is 21.3. The molecule has 0 aromatic carbocycles. The Labute approximate surface area is 459 Å². The molecule has 0 amide bonds. The zero-order chi connectivity index (χ0) is 53.6. The summed E-state index contributed by atoms with van der Waals surface area (Å²) in [5, 5.41) is 0. The van der Waals surface area contributed by atoms with Gasteiger partial charge >= 0.3 is 17.9 Å². The van der Waals surface area contributed by atoms with Crippen molar-refractivity contribution in [2.24, 2.45) is 0 Å². The van der Waals surface area contributed by atoms with Gasteiger partial charge in [0.25, 0.3) is 0 Å². The average Bonchev–Trinajstić information content (AvgIpc) is 3.40. The highest BCUT2D eigenvalue weighted by Crippen LogP contribution is 2.17. The number of unbranched alkanes of at least 4 members (excludes halogenated alkanes) is 35. The Morgan fingerprint density at radius 2 is 0.541 bits per heavy atom.